The molecule has 0 amide bonds. The van der Waals surface area contributed by atoms with Gasteiger partial charge in [-0.2, -0.15) is 0 Å². The Labute approximate surface area is 158 Å². The van der Waals surface area contributed by atoms with Gasteiger partial charge in [-0.1, -0.05) is 18.2 Å². The summed E-state index contributed by atoms with van der Waals surface area (Å²) in [7, 11) is -0.206. The van der Waals surface area contributed by atoms with Crippen LogP contribution in [-0.4, -0.2) is 32.5 Å². The lowest BCUT2D eigenvalue weighted by molar-refractivity contribution is 0.414. The number of pyridine rings is 2. The summed E-state index contributed by atoms with van der Waals surface area (Å²) < 4.78 is 32.4. The Morgan fingerprint density at radius 1 is 1.04 bits per heavy atom. The molecule has 0 aliphatic heterocycles. The number of benzene rings is 1. The molecule has 0 unspecified atom stereocenters. The molecule has 0 radical (unpaired) electrons. The van der Waals surface area contributed by atoms with Gasteiger partial charge in [0.1, 0.15) is 22.3 Å². The zero-order chi connectivity index (χ0) is 19.3. The second-order valence-corrected chi connectivity index (χ2v) is 7.56. The Morgan fingerprint density at radius 2 is 1.81 bits per heavy atom. The van der Waals surface area contributed by atoms with E-state index in [-0.39, 0.29) is 10.7 Å². The van der Waals surface area contributed by atoms with Crippen molar-refractivity contribution >= 4 is 21.7 Å². The fraction of sp³-hybridized carbons (Fsp3) is 0.158. The van der Waals surface area contributed by atoms with Gasteiger partial charge in [-0.15, -0.1) is 0 Å². The van der Waals surface area contributed by atoms with Gasteiger partial charge >= 0.3 is 0 Å². The van der Waals surface area contributed by atoms with Crippen molar-refractivity contribution in [1.29, 1.82) is 0 Å². The maximum Gasteiger partial charge on any atom is 0.264 e. The van der Waals surface area contributed by atoms with E-state index in [1.807, 2.05) is 36.2 Å². The molecule has 8 heteroatoms. The fourth-order valence-corrected chi connectivity index (χ4v) is 3.42. The quantitative estimate of drug-likeness (QED) is 0.674. The van der Waals surface area contributed by atoms with Crippen LogP contribution < -0.4 is 14.4 Å². The molecule has 0 aliphatic carbocycles. The Morgan fingerprint density at radius 3 is 2.41 bits per heavy atom. The van der Waals surface area contributed by atoms with Crippen molar-refractivity contribution in [2.45, 2.75) is 11.4 Å². The van der Waals surface area contributed by atoms with Crippen LogP contribution in [0.25, 0.3) is 0 Å². The summed E-state index contributed by atoms with van der Waals surface area (Å²) in [6.45, 7) is 0.634. The van der Waals surface area contributed by atoms with E-state index < -0.39 is 10.0 Å². The van der Waals surface area contributed by atoms with Crippen molar-refractivity contribution in [3.05, 3.63) is 72.6 Å². The lowest BCUT2D eigenvalue weighted by atomic mass is 10.2. The van der Waals surface area contributed by atoms with Crippen molar-refractivity contribution in [2.75, 3.05) is 23.8 Å². The Kier molecular flexibility index (Phi) is 5.56. The third kappa shape index (κ3) is 4.73. The molecule has 1 N–H and O–H groups in total. The van der Waals surface area contributed by atoms with Gasteiger partial charge in [0.15, 0.2) is 0 Å². The first kappa shape index (κ1) is 18.7. The first-order valence-corrected chi connectivity index (χ1v) is 9.70. The first-order chi connectivity index (χ1) is 13.0. The summed E-state index contributed by atoms with van der Waals surface area (Å²) >= 11 is 0. The third-order valence-corrected chi connectivity index (χ3v) is 5.24. The summed E-state index contributed by atoms with van der Waals surface area (Å²) in [6, 6.07) is 16.0. The van der Waals surface area contributed by atoms with E-state index in [2.05, 4.69) is 14.7 Å². The molecule has 0 aliphatic rings. The molecule has 0 fully saturated rings. The fourth-order valence-electron chi connectivity index (χ4n) is 2.46. The lowest BCUT2D eigenvalue weighted by Gasteiger charge is -2.18. The molecule has 7 nitrogen and oxygen atoms in total. The van der Waals surface area contributed by atoms with Gasteiger partial charge in [-0.25, -0.2) is 18.4 Å². The second-order valence-electron chi connectivity index (χ2n) is 5.88. The number of nitrogens with zero attached hydrogens (tertiary/aromatic N) is 3. The van der Waals surface area contributed by atoms with Crippen molar-refractivity contribution < 1.29 is 13.2 Å². The number of ether oxygens (including phenoxy) is 1. The van der Waals surface area contributed by atoms with E-state index in [0.29, 0.717) is 12.4 Å². The zero-order valence-electron chi connectivity index (χ0n) is 15.0. The lowest BCUT2D eigenvalue weighted by Crippen LogP contribution is -2.18. The molecule has 0 atom stereocenters. The predicted molar refractivity (Wildman–Crippen MR) is 104 cm³/mol. The van der Waals surface area contributed by atoms with E-state index >= 15 is 0 Å². The van der Waals surface area contributed by atoms with Crippen molar-refractivity contribution in [3.8, 4) is 5.75 Å². The summed E-state index contributed by atoms with van der Waals surface area (Å²) in [5.74, 6) is 1.73. The van der Waals surface area contributed by atoms with Gasteiger partial charge in [0, 0.05) is 26.0 Å². The Hall–Kier alpha value is -3.13. The SMILES string of the molecule is COc1ccc(CN(C)c2ccc(S(=O)(=O)Nc3ccccn3)cn2)cc1. The maximum atomic E-state index is 12.4. The van der Waals surface area contributed by atoms with E-state index in [0.717, 1.165) is 11.3 Å². The van der Waals surface area contributed by atoms with E-state index in [9.17, 15) is 8.42 Å². The van der Waals surface area contributed by atoms with Crippen LogP contribution in [0, 0.1) is 0 Å². The van der Waals surface area contributed by atoms with Gasteiger partial charge in [0.05, 0.1) is 7.11 Å². The van der Waals surface area contributed by atoms with Crippen LogP contribution in [0.5, 0.6) is 5.75 Å². The Balaban J connectivity index is 1.70. The highest BCUT2D eigenvalue weighted by Gasteiger charge is 2.16. The van der Waals surface area contributed by atoms with Crippen molar-refractivity contribution in [1.82, 2.24) is 9.97 Å². The molecule has 1 aromatic carbocycles. The molecular weight excluding hydrogens is 364 g/mol. The maximum absolute atomic E-state index is 12.4. The molecule has 2 heterocycles. The van der Waals surface area contributed by atoms with Crippen LogP contribution in [-0.2, 0) is 16.6 Å². The van der Waals surface area contributed by atoms with Crippen LogP contribution >= 0.6 is 0 Å². The van der Waals surface area contributed by atoms with E-state index in [4.69, 9.17) is 4.74 Å². The highest BCUT2D eigenvalue weighted by Crippen LogP contribution is 2.19. The van der Waals surface area contributed by atoms with Crippen LogP contribution in [0.4, 0.5) is 11.6 Å². The summed E-state index contributed by atoms with van der Waals surface area (Å²) in [6.07, 6.45) is 2.86. The van der Waals surface area contributed by atoms with Gasteiger partial charge in [-0.05, 0) is 42.0 Å². The third-order valence-electron chi connectivity index (χ3n) is 3.90. The van der Waals surface area contributed by atoms with Gasteiger partial charge in [0.2, 0.25) is 0 Å². The predicted octanol–water partition coefficient (Wildman–Crippen LogP) is 2.92. The Bertz CT molecular complexity index is 976. The van der Waals surface area contributed by atoms with Crippen LogP contribution in [0.3, 0.4) is 0 Å². The minimum atomic E-state index is -3.73. The minimum absolute atomic E-state index is 0.0785. The smallest absolute Gasteiger partial charge is 0.264 e. The number of methoxy groups -OCH3 is 1. The van der Waals surface area contributed by atoms with Crippen LogP contribution in [0.1, 0.15) is 5.56 Å². The van der Waals surface area contributed by atoms with Gasteiger partial charge in [-0.3, -0.25) is 4.72 Å². The average molecular weight is 384 g/mol. The standard InChI is InChI=1S/C19H20N4O3S/c1-23(14-15-6-8-16(26-2)9-7-15)19-11-10-17(13-21-19)27(24,25)22-18-5-3-4-12-20-18/h3-13H,14H2,1-2H3,(H,20,22). The minimum Gasteiger partial charge on any atom is -0.497 e. The molecule has 3 aromatic rings. The molecule has 0 spiro atoms. The summed E-state index contributed by atoms with van der Waals surface area (Å²) in [5.41, 5.74) is 1.09. The number of aromatic nitrogens is 2. The molecule has 27 heavy (non-hydrogen) atoms. The van der Waals surface area contributed by atoms with Crippen molar-refractivity contribution in [2.24, 2.45) is 0 Å². The molecule has 0 saturated carbocycles. The number of nitrogens with one attached hydrogen (secondary N) is 1. The molecule has 2 aromatic heterocycles. The summed E-state index contributed by atoms with van der Waals surface area (Å²) in [5, 5.41) is 0. The van der Waals surface area contributed by atoms with Crippen LogP contribution in [0.15, 0.2) is 71.9 Å². The number of rotatable bonds is 7. The molecular formula is C19H20N4O3S. The number of hydrogen-bond acceptors (Lipinski definition) is 6. The highest BCUT2D eigenvalue weighted by molar-refractivity contribution is 7.92. The number of anilines is 2. The van der Waals surface area contributed by atoms with E-state index in [1.165, 1.54) is 18.5 Å². The number of hydrogen-bond donors (Lipinski definition) is 1. The highest BCUT2D eigenvalue weighted by atomic mass is 32.2. The largest absolute Gasteiger partial charge is 0.497 e. The molecule has 0 bridgehead atoms. The summed E-state index contributed by atoms with van der Waals surface area (Å²) in [4.78, 5) is 10.3. The van der Waals surface area contributed by atoms with Crippen LogP contribution in [0.2, 0.25) is 0 Å². The molecule has 140 valence electrons. The molecule has 3 rings (SSSR count). The van der Waals surface area contributed by atoms with Gasteiger partial charge in [0.25, 0.3) is 10.0 Å². The zero-order valence-corrected chi connectivity index (χ0v) is 15.8. The monoisotopic (exact) mass is 384 g/mol. The topological polar surface area (TPSA) is 84.4 Å². The van der Waals surface area contributed by atoms with Gasteiger partial charge < -0.3 is 9.64 Å². The number of sulfonamides is 1. The normalized spacial score (nSPS) is 11.0. The average Bonchev–Trinajstić information content (AvgIpc) is 2.69. The first-order valence-electron chi connectivity index (χ1n) is 8.22. The van der Waals surface area contributed by atoms with E-state index in [1.54, 1.807) is 31.4 Å². The second kappa shape index (κ2) is 8.05. The molecule has 0 saturated heterocycles. The van der Waals surface area contributed by atoms with Crippen molar-refractivity contribution in [3.63, 3.8) is 0 Å².